The summed E-state index contributed by atoms with van der Waals surface area (Å²) in [6, 6.07) is 22.1. The highest BCUT2D eigenvalue weighted by molar-refractivity contribution is 8.14. The van der Waals surface area contributed by atoms with E-state index in [4.69, 9.17) is 9.73 Å². The summed E-state index contributed by atoms with van der Waals surface area (Å²) in [6.45, 7) is 4.62. The number of nitrogens with one attached hydrogen (secondary N) is 2. The van der Waals surface area contributed by atoms with Crippen LogP contribution in [0.5, 0.6) is 5.75 Å². The fraction of sp³-hybridized carbons (Fsp3) is 0.281. The van der Waals surface area contributed by atoms with Gasteiger partial charge in [0.25, 0.3) is 5.91 Å². The lowest BCUT2D eigenvalue weighted by molar-refractivity contribution is -0.122. The molecule has 2 aliphatic rings. The van der Waals surface area contributed by atoms with Crippen LogP contribution in [0.2, 0.25) is 0 Å². The Morgan fingerprint density at radius 1 is 0.976 bits per heavy atom. The number of benzene rings is 3. The van der Waals surface area contributed by atoms with E-state index in [0.717, 1.165) is 22.6 Å². The minimum atomic E-state index is -0.682. The molecule has 9 nitrogen and oxygen atoms in total. The number of aliphatic imine (C=N–C) groups is 2. The molecule has 1 atom stereocenters. The third-order valence-corrected chi connectivity index (χ3v) is 8.05. The van der Waals surface area contributed by atoms with Crippen LogP contribution >= 0.6 is 11.8 Å². The lowest BCUT2D eigenvalue weighted by atomic mass is 10.0. The molecule has 3 aromatic carbocycles. The molecule has 0 aromatic heterocycles. The van der Waals surface area contributed by atoms with Crippen LogP contribution < -0.4 is 15.4 Å². The van der Waals surface area contributed by atoms with Crippen LogP contribution in [-0.2, 0) is 20.9 Å². The van der Waals surface area contributed by atoms with E-state index < -0.39 is 6.04 Å². The maximum absolute atomic E-state index is 13.1. The van der Waals surface area contributed by atoms with Crippen molar-refractivity contribution in [3.8, 4) is 5.75 Å². The Hall–Kier alpha value is -4.44. The third-order valence-electron chi connectivity index (χ3n) is 7.10. The SMILES string of the molecule is COc1ccc(CNC(=O)CCC2C(=O)N=C3c4ccccc4N=C(SCC(=O)Nc4ccc(C(C)C)cc4)N32)cc1. The highest BCUT2D eigenvalue weighted by Crippen LogP contribution is 2.35. The number of fused-ring (bicyclic) bond motifs is 3. The number of amidine groups is 2. The first kappa shape index (κ1) is 29.1. The fourth-order valence-electron chi connectivity index (χ4n) is 4.75. The Morgan fingerprint density at radius 3 is 2.43 bits per heavy atom. The van der Waals surface area contributed by atoms with Gasteiger partial charge in [-0.15, -0.1) is 0 Å². The first-order chi connectivity index (χ1) is 20.3. The van der Waals surface area contributed by atoms with E-state index >= 15 is 0 Å². The summed E-state index contributed by atoms with van der Waals surface area (Å²) in [5.74, 6) is 1.07. The van der Waals surface area contributed by atoms with Crippen molar-refractivity contribution in [2.24, 2.45) is 9.98 Å². The zero-order valence-electron chi connectivity index (χ0n) is 23.8. The molecule has 2 aliphatic heterocycles. The summed E-state index contributed by atoms with van der Waals surface area (Å²) in [7, 11) is 1.60. The number of nitrogens with zero attached hydrogens (tertiary/aromatic N) is 3. The number of carbonyl (C=O) groups is 3. The summed E-state index contributed by atoms with van der Waals surface area (Å²) in [4.78, 5) is 49.5. The van der Waals surface area contributed by atoms with Crippen molar-refractivity contribution in [2.75, 3.05) is 18.2 Å². The van der Waals surface area contributed by atoms with E-state index in [-0.39, 0.29) is 36.3 Å². The second-order valence-electron chi connectivity index (χ2n) is 10.3. The van der Waals surface area contributed by atoms with Crippen molar-refractivity contribution in [3.63, 3.8) is 0 Å². The quantitative estimate of drug-likeness (QED) is 0.337. The molecule has 0 saturated carbocycles. The second kappa shape index (κ2) is 13.0. The number of methoxy groups -OCH3 is 1. The molecule has 2 heterocycles. The van der Waals surface area contributed by atoms with Crippen molar-refractivity contribution in [1.29, 1.82) is 0 Å². The number of hydrogen-bond donors (Lipinski definition) is 2. The van der Waals surface area contributed by atoms with Gasteiger partial charge in [0.05, 0.1) is 18.6 Å². The number of amides is 3. The number of anilines is 1. The molecule has 3 amide bonds. The van der Waals surface area contributed by atoms with Gasteiger partial charge in [-0.3, -0.25) is 19.3 Å². The maximum Gasteiger partial charge on any atom is 0.270 e. The fourth-order valence-corrected chi connectivity index (χ4v) is 5.60. The van der Waals surface area contributed by atoms with Gasteiger partial charge in [0.1, 0.15) is 17.6 Å². The number of rotatable bonds is 10. The topological polar surface area (TPSA) is 112 Å². The lowest BCUT2D eigenvalue weighted by Crippen LogP contribution is -2.44. The zero-order chi connectivity index (χ0) is 29.6. The third kappa shape index (κ3) is 6.71. The van der Waals surface area contributed by atoms with Gasteiger partial charge in [0.15, 0.2) is 5.17 Å². The van der Waals surface area contributed by atoms with E-state index in [0.29, 0.717) is 29.2 Å². The highest BCUT2D eigenvalue weighted by Gasteiger charge is 2.41. The smallest absolute Gasteiger partial charge is 0.270 e. The molecule has 1 unspecified atom stereocenters. The van der Waals surface area contributed by atoms with Crippen molar-refractivity contribution in [3.05, 3.63) is 89.5 Å². The lowest BCUT2D eigenvalue weighted by Gasteiger charge is -2.31. The number of para-hydroxylation sites is 1. The Kier molecular flexibility index (Phi) is 9.02. The van der Waals surface area contributed by atoms with Crippen molar-refractivity contribution < 1.29 is 19.1 Å². The van der Waals surface area contributed by atoms with Crippen LogP contribution in [-0.4, -0.2) is 52.5 Å². The minimum absolute atomic E-state index is 0.0972. The van der Waals surface area contributed by atoms with E-state index in [1.807, 2.05) is 72.8 Å². The minimum Gasteiger partial charge on any atom is -0.497 e. The van der Waals surface area contributed by atoms with Gasteiger partial charge >= 0.3 is 0 Å². The summed E-state index contributed by atoms with van der Waals surface area (Å²) >= 11 is 1.24. The van der Waals surface area contributed by atoms with Crippen LogP contribution in [0.15, 0.2) is 82.8 Å². The zero-order valence-corrected chi connectivity index (χ0v) is 24.6. The average Bonchev–Trinajstić information content (AvgIpc) is 3.34. The molecule has 0 bridgehead atoms. The Balaban J connectivity index is 1.23. The molecular weight excluding hydrogens is 550 g/mol. The molecule has 216 valence electrons. The van der Waals surface area contributed by atoms with Crippen LogP contribution in [0.25, 0.3) is 0 Å². The molecule has 42 heavy (non-hydrogen) atoms. The predicted octanol–water partition coefficient (Wildman–Crippen LogP) is 5.25. The van der Waals surface area contributed by atoms with Crippen molar-refractivity contribution >= 4 is 51.9 Å². The largest absolute Gasteiger partial charge is 0.497 e. The van der Waals surface area contributed by atoms with E-state index in [9.17, 15) is 14.4 Å². The molecule has 0 aliphatic carbocycles. The van der Waals surface area contributed by atoms with Crippen LogP contribution in [0.4, 0.5) is 11.4 Å². The molecule has 0 radical (unpaired) electrons. The molecule has 0 saturated heterocycles. The van der Waals surface area contributed by atoms with E-state index in [1.165, 1.54) is 17.3 Å². The van der Waals surface area contributed by atoms with Gasteiger partial charge in [-0.05, 0) is 59.9 Å². The standard InChI is InChI=1S/C32H33N5O4S/c1-20(2)22-10-12-23(13-11-22)34-29(39)19-42-32-35-26-7-5-4-6-25(26)30-36-31(40)27(37(30)32)16-17-28(38)33-18-21-8-14-24(41-3)15-9-21/h4-15,20,27H,16-19H2,1-3H3,(H,33,38)(H,34,39). The summed E-state index contributed by atoms with van der Waals surface area (Å²) < 4.78 is 5.17. The van der Waals surface area contributed by atoms with Crippen LogP contribution in [0, 0.1) is 0 Å². The second-order valence-corrected chi connectivity index (χ2v) is 11.3. The summed E-state index contributed by atoms with van der Waals surface area (Å²) in [5.41, 5.74) is 4.29. The normalized spacial score (nSPS) is 15.5. The van der Waals surface area contributed by atoms with E-state index in [2.05, 4.69) is 29.5 Å². The molecule has 2 N–H and O–H groups in total. The van der Waals surface area contributed by atoms with Gasteiger partial charge in [-0.2, -0.15) is 4.99 Å². The van der Waals surface area contributed by atoms with Crippen LogP contribution in [0.3, 0.4) is 0 Å². The summed E-state index contributed by atoms with van der Waals surface area (Å²) in [5, 5.41) is 6.35. The number of hydrogen-bond acceptors (Lipinski definition) is 7. The molecule has 3 aromatic rings. The van der Waals surface area contributed by atoms with Gasteiger partial charge < -0.3 is 15.4 Å². The number of thioether (sulfide) groups is 1. The van der Waals surface area contributed by atoms with Gasteiger partial charge in [-0.25, -0.2) is 4.99 Å². The predicted molar refractivity (Wildman–Crippen MR) is 166 cm³/mol. The highest BCUT2D eigenvalue weighted by atomic mass is 32.2. The van der Waals surface area contributed by atoms with Crippen molar-refractivity contribution in [1.82, 2.24) is 10.2 Å². The van der Waals surface area contributed by atoms with Gasteiger partial charge in [-0.1, -0.05) is 62.0 Å². The molecular formula is C32H33N5O4S. The average molecular weight is 584 g/mol. The molecule has 10 heteroatoms. The van der Waals surface area contributed by atoms with Gasteiger partial charge in [0.2, 0.25) is 11.8 Å². The Labute approximate surface area is 249 Å². The molecule has 5 rings (SSSR count). The first-order valence-corrected chi connectivity index (χ1v) is 14.8. The van der Waals surface area contributed by atoms with Crippen LogP contribution in [0.1, 0.15) is 49.3 Å². The maximum atomic E-state index is 13.1. The van der Waals surface area contributed by atoms with Gasteiger partial charge in [0, 0.05) is 24.2 Å². The monoisotopic (exact) mass is 583 g/mol. The van der Waals surface area contributed by atoms with E-state index in [1.54, 1.807) is 12.0 Å². The Morgan fingerprint density at radius 2 is 1.71 bits per heavy atom. The number of carbonyl (C=O) groups excluding carboxylic acids is 3. The number of ether oxygens (including phenoxy) is 1. The molecule has 0 fully saturated rings. The Bertz CT molecular complexity index is 1530. The van der Waals surface area contributed by atoms with Crippen molar-refractivity contribution in [2.45, 2.75) is 45.2 Å². The summed E-state index contributed by atoms with van der Waals surface area (Å²) in [6.07, 6.45) is 0.398. The molecule has 0 spiro atoms. The first-order valence-electron chi connectivity index (χ1n) is 13.8.